The Morgan fingerprint density at radius 2 is 1.59 bits per heavy atom. The first-order valence-corrected chi connectivity index (χ1v) is 13.5. The number of piperazine rings is 1. The summed E-state index contributed by atoms with van der Waals surface area (Å²) in [6.45, 7) is 8.27. The molecule has 2 heterocycles. The van der Waals surface area contributed by atoms with Crippen molar-refractivity contribution in [3.8, 4) is 0 Å². The Bertz CT molecular complexity index is 926. The molecule has 1 aromatic heterocycles. The third kappa shape index (κ3) is 3.78. The zero-order valence-corrected chi connectivity index (χ0v) is 20.2. The molecule has 2 aromatic rings. The lowest BCUT2D eigenvalue weighted by Crippen LogP contribution is -2.63. The summed E-state index contributed by atoms with van der Waals surface area (Å²) in [7, 11) is 0. The number of nitrogens with one attached hydrogen (secondary N) is 1. The Kier molecular flexibility index (Phi) is 5.31. The van der Waals surface area contributed by atoms with Crippen LogP contribution >= 0.6 is 11.3 Å². The molecule has 4 bridgehead atoms. The highest BCUT2D eigenvalue weighted by atomic mass is 32.1. The molecule has 1 aliphatic heterocycles. The summed E-state index contributed by atoms with van der Waals surface area (Å²) in [5, 5.41) is 4.79. The van der Waals surface area contributed by atoms with Gasteiger partial charge in [-0.15, -0.1) is 11.3 Å². The monoisotopic (exact) mass is 452 g/mol. The maximum absolute atomic E-state index is 13.3. The Balaban J connectivity index is 1.05. The second-order valence-corrected chi connectivity index (χ2v) is 12.2. The summed E-state index contributed by atoms with van der Waals surface area (Å²) < 4.78 is 1.27. The van der Waals surface area contributed by atoms with Crippen molar-refractivity contribution in [1.82, 2.24) is 20.1 Å². The van der Waals surface area contributed by atoms with Crippen LogP contribution in [0.2, 0.25) is 0 Å². The Labute approximate surface area is 195 Å². The van der Waals surface area contributed by atoms with Crippen molar-refractivity contribution in [2.24, 2.45) is 17.8 Å². The van der Waals surface area contributed by atoms with E-state index in [0.717, 1.165) is 49.4 Å². The van der Waals surface area contributed by atoms with Crippen LogP contribution in [0.5, 0.6) is 0 Å². The molecule has 5 nitrogen and oxygen atoms in total. The van der Waals surface area contributed by atoms with Gasteiger partial charge >= 0.3 is 0 Å². The van der Waals surface area contributed by atoms with Crippen molar-refractivity contribution >= 4 is 27.5 Å². The number of para-hydroxylation sites is 1. The molecule has 1 amide bonds. The average Bonchev–Trinajstić information content (AvgIpc) is 3.21. The van der Waals surface area contributed by atoms with Gasteiger partial charge in [0.05, 0.1) is 22.3 Å². The van der Waals surface area contributed by atoms with Gasteiger partial charge in [0, 0.05) is 31.7 Å². The molecule has 5 aliphatic rings. The summed E-state index contributed by atoms with van der Waals surface area (Å²) >= 11 is 1.81. The average molecular weight is 453 g/mol. The maximum Gasteiger partial charge on any atom is 0.237 e. The summed E-state index contributed by atoms with van der Waals surface area (Å²) in [5.74, 6) is 2.86. The number of amides is 1. The molecule has 1 saturated heterocycles. The summed E-state index contributed by atoms with van der Waals surface area (Å²) in [4.78, 5) is 23.1. The molecular weight excluding hydrogens is 416 g/mol. The van der Waals surface area contributed by atoms with Crippen LogP contribution in [0.1, 0.15) is 63.4 Å². The minimum atomic E-state index is -0.0390. The highest BCUT2D eigenvalue weighted by molar-refractivity contribution is 7.18. The van der Waals surface area contributed by atoms with E-state index in [1.807, 2.05) is 11.3 Å². The van der Waals surface area contributed by atoms with Gasteiger partial charge in [-0.05, 0) is 82.3 Å². The van der Waals surface area contributed by atoms with Crippen LogP contribution < -0.4 is 5.32 Å². The van der Waals surface area contributed by atoms with E-state index in [9.17, 15) is 4.79 Å². The van der Waals surface area contributed by atoms with Crippen molar-refractivity contribution in [3.05, 3.63) is 29.3 Å². The number of aromatic nitrogens is 1. The van der Waals surface area contributed by atoms with Gasteiger partial charge in [0.2, 0.25) is 5.91 Å². The van der Waals surface area contributed by atoms with E-state index in [2.05, 4.69) is 53.2 Å². The molecule has 172 valence electrons. The van der Waals surface area contributed by atoms with Crippen molar-refractivity contribution in [1.29, 1.82) is 0 Å². The fourth-order valence-electron chi connectivity index (χ4n) is 7.53. The minimum absolute atomic E-state index is 0.0390. The van der Waals surface area contributed by atoms with Crippen LogP contribution in [0.15, 0.2) is 24.3 Å². The van der Waals surface area contributed by atoms with E-state index in [4.69, 9.17) is 4.98 Å². The molecule has 1 N–H and O–H groups in total. The highest BCUT2D eigenvalue weighted by Crippen LogP contribution is 2.55. The second-order valence-electron chi connectivity index (χ2n) is 11.1. The van der Waals surface area contributed by atoms with E-state index in [0.29, 0.717) is 6.04 Å². The number of fused-ring (bicyclic) bond motifs is 1. The SMILES string of the molecule is C[C@H](C(=O)NC12CC3CC(CC(C3)C1)C2)N1CCN([C@H](C)c2nc3ccccc3s2)CC1. The number of rotatable bonds is 5. The number of nitrogens with zero attached hydrogens (tertiary/aromatic N) is 3. The lowest BCUT2D eigenvalue weighted by Gasteiger charge is -2.57. The third-order valence-electron chi connectivity index (χ3n) is 8.92. The largest absolute Gasteiger partial charge is 0.349 e. The zero-order valence-electron chi connectivity index (χ0n) is 19.4. The summed E-state index contributed by atoms with van der Waals surface area (Å²) in [5.41, 5.74) is 1.22. The fourth-order valence-corrected chi connectivity index (χ4v) is 8.59. The summed E-state index contributed by atoms with van der Waals surface area (Å²) in [6.07, 6.45) is 7.93. The van der Waals surface area contributed by atoms with Crippen LogP contribution in [-0.2, 0) is 4.79 Å². The standard InChI is InChI=1S/C26H36N4OS/c1-17(24(31)28-26-14-19-11-20(15-26)13-21(12-19)16-26)29-7-9-30(10-8-29)18(2)25-27-22-5-3-4-6-23(22)32-25/h3-6,17-21H,7-16H2,1-2H3,(H,28,31)/t17-,18-,19?,20?,21?,26?/m1/s1. The molecule has 0 radical (unpaired) electrons. The van der Waals surface area contributed by atoms with Crippen LogP contribution in [0.3, 0.4) is 0 Å². The zero-order chi connectivity index (χ0) is 21.9. The predicted octanol–water partition coefficient (Wildman–Crippen LogP) is 4.45. The first kappa shape index (κ1) is 21.1. The molecule has 7 rings (SSSR count). The molecular formula is C26H36N4OS. The third-order valence-corrected chi connectivity index (χ3v) is 10.1. The molecule has 5 fully saturated rings. The van der Waals surface area contributed by atoms with Crippen molar-refractivity contribution in [3.63, 3.8) is 0 Å². The van der Waals surface area contributed by atoms with E-state index < -0.39 is 0 Å². The highest BCUT2D eigenvalue weighted by Gasteiger charge is 2.51. The first-order chi connectivity index (χ1) is 15.5. The lowest BCUT2D eigenvalue weighted by atomic mass is 9.53. The molecule has 4 saturated carbocycles. The maximum atomic E-state index is 13.3. The number of carbonyl (C=O) groups excluding carboxylic acids is 1. The normalized spacial score (nSPS) is 34.6. The van der Waals surface area contributed by atoms with Crippen LogP contribution in [0.25, 0.3) is 10.2 Å². The number of benzene rings is 1. The topological polar surface area (TPSA) is 48.5 Å². The molecule has 2 atom stereocenters. The van der Waals surface area contributed by atoms with Gasteiger partial charge in [0.15, 0.2) is 0 Å². The van der Waals surface area contributed by atoms with Crippen LogP contribution in [0, 0.1) is 17.8 Å². The van der Waals surface area contributed by atoms with E-state index in [1.54, 1.807) is 0 Å². The summed E-state index contributed by atoms with van der Waals surface area (Å²) in [6, 6.07) is 8.69. The number of thiazole rings is 1. The van der Waals surface area contributed by atoms with Crippen LogP contribution in [0.4, 0.5) is 0 Å². The smallest absolute Gasteiger partial charge is 0.237 e. The van der Waals surface area contributed by atoms with Gasteiger partial charge in [-0.25, -0.2) is 4.98 Å². The molecule has 32 heavy (non-hydrogen) atoms. The Hall–Kier alpha value is -1.50. The first-order valence-electron chi connectivity index (χ1n) is 12.6. The molecule has 0 spiro atoms. The molecule has 1 aromatic carbocycles. The minimum Gasteiger partial charge on any atom is -0.349 e. The van der Waals surface area contributed by atoms with E-state index >= 15 is 0 Å². The van der Waals surface area contributed by atoms with Crippen LogP contribution in [-0.4, -0.2) is 58.5 Å². The van der Waals surface area contributed by atoms with Gasteiger partial charge in [-0.3, -0.25) is 14.6 Å². The molecule has 4 aliphatic carbocycles. The van der Waals surface area contributed by atoms with Gasteiger partial charge in [0.1, 0.15) is 5.01 Å². The Morgan fingerprint density at radius 3 is 2.22 bits per heavy atom. The van der Waals surface area contributed by atoms with E-state index in [-0.39, 0.29) is 17.5 Å². The quantitative estimate of drug-likeness (QED) is 0.728. The van der Waals surface area contributed by atoms with Gasteiger partial charge in [0.25, 0.3) is 0 Å². The van der Waals surface area contributed by atoms with Crippen molar-refractivity contribution in [2.75, 3.05) is 26.2 Å². The Morgan fingerprint density at radius 1 is 1.00 bits per heavy atom. The predicted molar refractivity (Wildman–Crippen MR) is 130 cm³/mol. The van der Waals surface area contributed by atoms with Crippen molar-refractivity contribution in [2.45, 2.75) is 70.0 Å². The molecule has 6 heteroatoms. The van der Waals surface area contributed by atoms with Gasteiger partial charge < -0.3 is 5.32 Å². The molecule has 0 unspecified atom stereocenters. The fraction of sp³-hybridized carbons (Fsp3) is 0.692. The second kappa shape index (κ2) is 8.07. The van der Waals surface area contributed by atoms with Gasteiger partial charge in [-0.2, -0.15) is 0 Å². The van der Waals surface area contributed by atoms with Gasteiger partial charge in [-0.1, -0.05) is 12.1 Å². The lowest BCUT2D eigenvalue weighted by molar-refractivity contribution is -0.132. The van der Waals surface area contributed by atoms with Crippen molar-refractivity contribution < 1.29 is 4.79 Å². The van der Waals surface area contributed by atoms with E-state index in [1.165, 1.54) is 48.2 Å². The number of carbonyl (C=O) groups is 1. The number of hydrogen-bond donors (Lipinski definition) is 1. The number of hydrogen-bond acceptors (Lipinski definition) is 5.